The molecule has 226 valence electrons. The van der Waals surface area contributed by atoms with E-state index in [1.165, 1.54) is 11.9 Å². The van der Waals surface area contributed by atoms with Gasteiger partial charge in [0.25, 0.3) is 0 Å². The van der Waals surface area contributed by atoms with E-state index in [1.54, 1.807) is 105 Å². The first-order valence-corrected chi connectivity index (χ1v) is 15.4. The molecule has 3 aromatic rings. The lowest BCUT2D eigenvalue weighted by atomic mass is 9.99. The Balaban J connectivity index is 1.66. The summed E-state index contributed by atoms with van der Waals surface area (Å²) >= 11 is 0. The molecule has 0 bridgehead atoms. The summed E-state index contributed by atoms with van der Waals surface area (Å²) < 4.78 is 47.1. The molecule has 3 aromatic carbocycles. The molecule has 4 rings (SSSR count). The maximum absolute atomic E-state index is 13.2. The monoisotopic (exact) mass is 608 g/mol. The predicted octanol–water partition coefficient (Wildman–Crippen LogP) is 6.05. The number of esters is 3. The highest BCUT2D eigenvalue weighted by atomic mass is 31.2. The van der Waals surface area contributed by atoms with Crippen molar-refractivity contribution in [3.63, 3.8) is 0 Å². The highest BCUT2D eigenvalue weighted by Crippen LogP contribution is 2.50. The van der Waals surface area contributed by atoms with Crippen molar-refractivity contribution in [3.8, 4) is 0 Å². The van der Waals surface area contributed by atoms with Crippen LogP contribution in [0.4, 0.5) is 0 Å². The normalized spacial score (nSPS) is 20.0. The number of ether oxygens (including phenoxy) is 4. The molecule has 0 N–H and O–H groups in total. The first-order chi connectivity index (χ1) is 20.8. The van der Waals surface area contributed by atoms with Crippen LogP contribution in [0.15, 0.2) is 103 Å². The number of rotatable bonds is 13. The van der Waals surface area contributed by atoms with E-state index >= 15 is 0 Å². The Kier molecular flexibility index (Phi) is 11.4. The number of benzene rings is 3. The van der Waals surface area contributed by atoms with Crippen molar-refractivity contribution < 1.29 is 46.9 Å². The van der Waals surface area contributed by atoms with Crippen molar-refractivity contribution >= 4 is 25.5 Å². The molecule has 0 radical (unpaired) electrons. The van der Waals surface area contributed by atoms with E-state index in [0.29, 0.717) is 5.56 Å². The fourth-order valence-corrected chi connectivity index (χ4v) is 5.70. The molecule has 0 amide bonds. The Hall–Kier alpha value is -4.08. The second-order valence-electron chi connectivity index (χ2n) is 9.32. The fourth-order valence-electron chi connectivity index (χ4n) is 4.35. The molecule has 0 spiro atoms. The van der Waals surface area contributed by atoms with Gasteiger partial charge in [-0.2, -0.15) is 0 Å². The summed E-state index contributed by atoms with van der Waals surface area (Å²) in [7, 11) is -3.66. The van der Waals surface area contributed by atoms with E-state index < -0.39 is 49.9 Å². The van der Waals surface area contributed by atoms with Gasteiger partial charge < -0.3 is 28.0 Å². The summed E-state index contributed by atoms with van der Waals surface area (Å²) in [5, 5.41) is 0. The Morgan fingerprint density at radius 1 is 0.721 bits per heavy atom. The molecule has 1 heterocycles. The van der Waals surface area contributed by atoms with Crippen molar-refractivity contribution in [2.45, 2.75) is 32.3 Å². The number of hydrogen-bond acceptors (Lipinski definition) is 10. The molecule has 1 saturated heterocycles. The molecule has 11 heteroatoms. The minimum Gasteiger partial charge on any atom is -0.462 e. The third kappa shape index (κ3) is 8.72. The third-order valence-electron chi connectivity index (χ3n) is 6.38. The maximum atomic E-state index is 13.2. The van der Waals surface area contributed by atoms with Crippen LogP contribution in [0.25, 0.3) is 0 Å². The first kappa shape index (κ1) is 31.8. The molecule has 0 saturated carbocycles. The van der Waals surface area contributed by atoms with Crippen LogP contribution in [-0.2, 0) is 32.6 Å². The van der Waals surface area contributed by atoms with Crippen LogP contribution >= 0.6 is 7.60 Å². The van der Waals surface area contributed by atoms with Gasteiger partial charge in [-0.25, -0.2) is 14.4 Å². The quantitative estimate of drug-likeness (QED) is 0.129. The second-order valence-corrected chi connectivity index (χ2v) is 11.2. The van der Waals surface area contributed by atoms with E-state index in [-0.39, 0.29) is 30.9 Å². The highest BCUT2D eigenvalue weighted by molar-refractivity contribution is 7.57. The lowest BCUT2D eigenvalue weighted by molar-refractivity contribution is -0.130. The van der Waals surface area contributed by atoms with E-state index in [1.807, 2.05) is 0 Å². The van der Waals surface area contributed by atoms with E-state index in [4.69, 9.17) is 28.0 Å². The molecule has 1 aliphatic rings. The fraction of sp³-hybridized carbons (Fsp3) is 0.281. The third-order valence-corrected chi connectivity index (χ3v) is 8.16. The molecule has 0 aliphatic carbocycles. The summed E-state index contributed by atoms with van der Waals surface area (Å²) in [5.41, 5.74) is 0.824. The largest absolute Gasteiger partial charge is 0.462 e. The minimum absolute atomic E-state index is 0.125. The SMILES string of the molecule is CCOP(=O)(C=C[C@H]1OC(OC(=O)c2ccccc2)[C@H](OC(=O)c2ccccc2)[C@@H]1COC(=O)c1ccccc1)OCC. The summed E-state index contributed by atoms with van der Waals surface area (Å²) in [5.74, 6) is -1.66. The van der Waals surface area contributed by atoms with Crippen molar-refractivity contribution in [3.05, 3.63) is 120 Å². The molecular weight excluding hydrogens is 575 g/mol. The number of carbonyl (C=O) groups is 3. The standard InChI is InChI=1S/C32H33O10P/c1-3-38-43(36,39-4-2)21-20-27-26(22-37-29(33)23-14-8-5-9-15-23)28(41-30(34)24-16-10-6-11-17-24)32(40-27)42-31(35)25-18-12-7-13-19-25/h5-21,26-28,32H,3-4,22H2,1-2H3/t26-,27-,28-,32?/m1/s1. The van der Waals surface area contributed by atoms with Gasteiger partial charge in [0.2, 0.25) is 6.29 Å². The maximum Gasteiger partial charge on any atom is 0.353 e. The second kappa shape index (κ2) is 15.4. The Morgan fingerprint density at radius 3 is 1.67 bits per heavy atom. The predicted molar refractivity (Wildman–Crippen MR) is 156 cm³/mol. The van der Waals surface area contributed by atoms with Crippen molar-refractivity contribution in [1.82, 2.24) is 0 Å². The minimum atomic E-state index is -3.66. The van der Waals surface area contributed by atoms with Crippen LogP contribution in [0.5, 0.6) is 0 Å². The van der Waals surface area contributed by atoms with Crippen LogP contribution in [0, 0.1) is 5.92 Å². The van der Waals surface area contributed by atoms with Gasteiger partial charge in [0.15, 0.2) is 6.10 Å². The Labute approximate surface area is 250 Å². The Bertz CT molecular complexity index is 1420. The summed E-state index contributed by atoms with van der Waals surface area (Å²) in [4.78, 5) is 39.0. The first-order valence-electron chi connectivity index (χ1n) is 13.8. The van der Waals surface area contributed by atoms with Crippen molar-refractivity contribution in [2.24, 2.45) is 5.92 Å². The van der Waals surface area contributed by atoms with E-state index in [2.05, 4.69) is 0 Å². The zero-order valence-electron chi connectivity index (χ0n) is 23.8. The average Bonchev–Trinajstić information content (AvgIpc) is 3.35. The van der Waals surface area contributed by atoms with Gasteiger partial charge in [-0.3, -0.25) is 4.57 Å². The van der Waals surface area contributed by atoms with Crippen molar-refractivity contribution in [1.29, 1.82) is 0 Å². The van der Waals surface area contributed by atoms with Crippen LogP contribution in [0.1, 0.15) is 44.9 Å². The average molecular weight is 609 g/mol. The smallest absolute Gasteiger partial charge is 0.353 e. The van der Waals surface area contributed by atoms with Gasteiger partial charge in [0, 0.05) is 5.82 Å². The zero-order chi connectivity index (χ0) is 30.7. The lowest BCUT2D eigenvalue weighted by Gasteiger charge is -2.23. The van der Waals surface area contributed by atoms with Crippen molar-refractivity contribution in [2.75, 3.05) is 19.8 Å². The van der Waals surface area contributed by atoms with Gasteiger partial charge in [-0.05, 0) is 56.3 Å². The van der Waals surface area contributed by atoms with Crippen LogP contribution in [0.3, 0.4) is 0 Å². The van der Waals surface area contributed by atoms with E-state index in [0.717, 1.165) is 0 Å². The highest BCUT2D eigenvalue weighted by Gasteiger charge is 2.49. The van der Waals surface area contributed by atoms with Gasteiger partial charge in [-0.15, -0.1) is 0 Å². The molecule has 4 atom stereocenters. The van der Waals surface area contributed by atoms with Gasteiger partial charge in [0.1, 0.15) is 6.61 Å². The van der Waals surface area contributed by atoms with E-state index in [9.17, 15) is 18.9 Å². The summed E-state index contributed by atoms with van der Waals surface area (Å²) in [6.45, 7) is 3.31. The van der Waals surface area contributed by atoms with Gasteiger partial charge >= 0.3 is 25.5 Å². The summed E-state index contributed by atoms with van der Waals surface area (Å²) in [6.07, 6.45) is -2.17. The molecule has 43 heavy (non-hydrogen) atoms. The molecular formula is C32H33O10P. The molecule has 0 aromatic heterocycles. The number of hydrogen-bond donors (Lipinski definition) is 0. The summed E-state index contributed by atoms with van der Waals surface area (Å²) in [6, 6.07) is 24.9. The van der Waals surface area contributed by atoms with Crippen LogP contribution in [-0.4, -0.2) is 56.2 Å². The van der Waals surface area contributed by atoms with Gasteiger partial charge in [-0.1, -0.05) is 54.6 Å². The molecule has 1 fully saturated rings. The molecule has 10 nitrogen and oxygen atoms in total. The van der Waals surface area contributed by atoms with Crippen LogP contribution < -0.4 is 0 Å². The topological polar surface area (TPSA) is 124 Å². The lowest BCUT2D eigenvalue weighted by Crippen LogP contribution is -2.38. The molecule has 1 unspecified atom stereocenters. The van der Waals surface area contributed by atoms with Gasteiger partial charge in [0.05, 0.1) is 41.9 Å². The zero-order valence-corrected chi connectivity index (χ0v) is 24.7. The number of carbonyl (C=O) groups excluding carboxylic acids is 3. The van der Waals surface area contributed by atoms with Crippen LogP contribution in [0.2, 0.25) is 0 Å². The molecule has 1 aliphatic heterocycles. The Morgan fingerprint density at radius 2 is 1.19 bits per heavy atom.